The van der Waals surface area contributed by atoms with Gasteiger partial charge in [-0.25, -0.2) is 9.97 Å². The van der Waals surface area contributed by atoms with Gasteiger partial charge >= 0.3 is 0 Å². The number of benzene rings is 2. The van der Waals surface area contributed by atoms with Crippen LogP contribution in [0, 0.1) is 0 Å². The number of hydrogen-bond acceptors (Lipinski definition) is 4. The molecule has 6 aromatic heterocycles. The maximum absolute atomic E-state index is 5.04. The highest BCUT2D eigenvalue weighted by molar-refractivity contribution is 6.24. The Kier molecular flexibility index (Phi) is 4.42. The van der Waals surface area contributed by atoms with E-state index in [-0.39, 0.29) is 0 Å². The van der Waals surface area contributed by atoms with Crippen LogP contribution in [0.25, 0.3) is 66.5 Å². The Bertz CT molecular complexity index is 2120. The van der Waals surface area contributed by atoms with Gasteiger partial charge in [0.1, 0.15) is 11.5 Å². The van der Waals surface area contributed by atoms with Crippen molar-refractivity contribution in [3.05, 3.63) is 122 Å². The third kappa shape index (κ3) is 2.94. The van der Waals surface area contributed by atoms with Crippen LogP contribution in [0.15, 0.2) is 122 Å². The maximum Gasteiger partial charge on any atom is 0.148 e. The Morgan fingerprint density at radius 1 is 0.553 bits per heavy atom. The summed E-state index contributed by atoms with van der Waals surface area (Å²) in [4.78, 5) is 18.9. The maximum atomic E-state index is 5.04. The van der Waals surface area contributed by atoms with Gasteiger partial charge in [-0.3, -0.25) is 14.5 Å². The molecule has 8 aromatic rings. The molecule has 0 saturated heterocycles. The van der Waals surface area contributed by atoms with E-state index in [0.29, 0.717) is 0 Å². The van der Waals surface area contributed by atoms with Crippen LogP contribution >= 0.6 is 0 Å². The molecule has 6 heteroatoms. The second-order valence-corrected chi connectivity index (χ2v) is 9.26. The monoisotopic (exact) mass is 488 g/mol. The van der Waals surface area contributed by atoms with Crippen LogP contribution in [0.2, 0.25) is 0 Å². The van der Waals surface area contributed by atoms with Gasteiger partial charge in [-0.15, -0.1) is 0 Å². The highest BCUT2D eigenvalue weighted by Crippen LogP contribution is 2.40. The van der Waals surface area contributed by atoms with Crippen molar-refractivity contribution in [3.63, 3.8) is 0 Å². The lowest BCUT2D eigenvalue weighted by molar-refractivity contribution is 1.06. The van der Waals surface area contributed by atoms with Crippen molar-refractivity contribution in [2.24, 2.45) is 0 Å². The summed E-state index contributed by atoms with van der Waals surface area (Å²) in [5, 5.41) is 3.22. The zero-order valence-corrected chi connectivity index (χ0v) is 20.2. The van der Waals surface area contributed by atoms with Gasteiger partial charge < -0.3 is 4.57 Å². The molecule has 0 amide bonds. The summed E-state index contributed by atoms with van der Waals surface area (Å²) in [6.45, 7) is 0. The molecule has 0 fully saturated rings. The van der Waals surface area contributed by atoms with Crippen LogP contribution < -0.4 is 0 Å². The van der Waals surface area contributed by atoms with E-state index < -0.39 is 0 Å². The number of nitrogens with zero attached hydrogens (tertiary/aromatic N) is 6. The summed E-state index contributed by atoms with van der Waals surface area (Å²) in [6, 6.07) is 31.1. The van der Waals surface area contributed by atoms with E-state index in [4.69, 9.17) is 15.0 Å². The minimum absolute atomic E-state index is 0.810. The number of aromatic nitrogens is 6. The van der Waals surface area contributed by atoms with Crippen LogP contribution in [0.5, 0.6) is 0 Å². The van der Waals surface area contributed by atoms with E-state index in [1.165, 1.54) is 0 Å². The van der Waals surface area contributed by atoms with Crippen molar-refractivity contribution in [1.29, 1.82) is 0 Å². The van der Waals surface area contributed by atoms with Gasteiger partial charge in [0.25, 0.3) is 0 Å². The molecule has 0 bridgehead atoms. The molecule has 0 radical (unpaired) electrons. The smallest absolute Gasteiger partial charge is 0.148 e. The first kappa shape index (κ1) is 20.8. The normalized spacial score (nSPS) is 11.7. The molecule has 0 aliphatic rings. The first-order valence-electron chi connectivity index (χ1n) is 12.5. The van der Waals surface area contributed by atoms with Crippen molar-refractivity contribution in [2.75, 3.05) is 0 Å². The zero-order valence-electron chi connectivity index (χ0n) is 20.2. The van der Waals surface area contributed by atoms with Crippen molar-refractivity contribution in [3.8, 4) is 22.6 Å². The predicted molar refractivity (Wildman–Crippen MR) is 152 cm³/mol. The summed E-state index contributed by atoms with van der Waals surface area (Å²) in [5.74, 6) is 0.810. The summed E-state index contributed by atoms with van der Waals surface area (Å²) < 4.78 is 4.46. The van der Waals surface area contributed by atoms with E-state index in [9.17, 15) is 0 Å². The van der Waals surface area contributed by atoms with Gasteiger partial charge in [0.15, 0.2) is 0 Å². The quantitative estimate of drug-likeness (QED) is 0.265. The molecule has 6 heterocycles. The average Bonchev–Trinajstić information content (AvgIpc) is 3.51. The van der Waals surface area contributed by atoms with Gasteiger partial charge in [0, 0.05) is 53.0 Å². The molecule has 2 aromatic carbocycles. The zero-order chi connectivity index (χ0) is 25.1. The summed E-state index contributed by atoms with van der Waals surface area (Å²) >= 11 is 0. The molecule has 6 nitrogen and oxygen atoms in total. The Labute approximate surface area is 217 Å². The third-order valence-electron chi connectivity index (χ3n) is 7.15. The van der Waals surface area contributed by atoms with Crippen molar-refractivity contribution in [1.82, 2.24) is 29.1 Å². The van der Waals surface area contributed by atoms with E-state index in [1.54, 1.807) is 6.20 Å². The third-order valence-corrected chi connectivity index (χ3v) is 7.15. The molecule has 0 unspecified atom stereocenters. The molecule has 0 atom stereocenters. The summed E-state index contributed by atoms with van der Waals surface area (Å²) in [7, 11) is 0. The molecule has 0 saturated carbocycles. The van der Waals surface area contributed by atoms with Crippen LogP contribution in [0.3, 0.4) is 0 Å². The fourth-order valence-corrected chi connectivity index (χ4v) is 5.55. The lowest BCUT2D eigenvalue weighted by atomic mass is 10.1. The Morgan fingerprint density at radius 2 is 1.39 bits per heavy atom. The Hall–Kier alpha value is -5.36. The molecule has 0 N–H and O–H groups in total. The molecule has 8 rings (SSSR count). The van der Waals surface area contributed by atoms with Gasteiger partial charge in [-0.2, -0.15) is 0 Å². The van der Waals surface area contributed by atoms with Gasteiger partial charge in [-0.05, 0) is 54.1 Å². The van der Waals surface area contributed by atoms with Gasteiger partial charge in [0.2, 0.25) is 0 Å². The molecule has 38 heavy (non-hydrogen) atoms. The van der Waals surface area contributed by atoms with Gasteiger partial charge in [-0.1, -0.05) is 42.5 Å². The first-order valence-corrected chi connectivity index (χ1v) is 12.5. The Balaban J connectivity index is 1.53. The number of para-hydroxylation sites is 2. The average molecular weight is 489 g/mol. The standard InChI is InChI=1S/C32H20N6/c1-2-9-23(10-3-1)37-27-13-7-16-35-30(27)25-20-36-32-29(31(25)37)24-11-4-5-12-26(24)38(32)28-18-21(14-17-34-28)22-8-6-15-33-19-22/h1-20H. The van der Waals surface area contributed by atoms with Crippen molar-refractivity contribution < 1.29 is 0 Å². The molecule has 0 aliphatic carbocycles. The van der Waals surface area contributed by atoms with E-state index in [1.807, 2.05) is 49.1 Å². The van der Waals surface area contributed by atoms with Crippen molar-refractivity contribution in [2.45, 2.75) is 0 Å². The SMILES string of the molecule is c1ccc(-n2c3cccnc3c3cnc4c(c5ccccc5n4-c4cc(-c5cccnc5)ccn4)c32)cc1. The highest BCUT2D eigenvalue weighted by atomic mass is 15.1. The predicted octanol–water partition coefficient (Wildman–Crippen LogP) is 7.13. The van der Waals surface area contributed by atoms with Crippen molar-refractivity contribution >= 4 is 43.9 Å². The molecular weight excluding hydrogens is 468 g/mol. The lowest BCUT2D eigenvalue weighted by Crippen LogP contribution is -1.99. The second-order valence-electron chi connectivity index (χ2n) is 9.26. The fraction of sp³-hybridized carbons (Fsp3) is 0. The van der Waals surface area contributed by atoms with Crippen LogP contribution in [0.1, 0.15) is 0 Å². The summed E-state index contributed by atoms with van der Waals surface area (Å²) in [6.07, 6.45) is 9.30. The van der Waals surface area contributed by atoms with Crippen LogP contribution in [0.4, 0.5) is 0 Å². The molecular formula is C32H20N6. The molecule has 178 valence electrons. The largest absolute Gasteiger partial charge is 0.307 e. The minimum atomic E-state index is 0.810. The van der Waals surface area contributed by atoms with E-state index >= 15 is 0 Å². The Morgan fingerprint density at radius 3 is 2.29 bits per heavy atom. The topological polar surface area (TPSA) is 61.4 Å². The van der Waals surface area contributed by atoms with E-state index in [2.05, 4.69) is 80.8 Å². The number of hydrogen-bond donors (Lipinski definition) is 0. The van der Waals surface area contributed by atoms with Crippen LogP contribution in [-0.4, -0.2) is 29.1 Å². The molecule has 0 aliphatic heterocycles. The summed E-state index contributed by atoms with van der Waals surface area (Å²) in [5.41, 5.74) is 8.17. The minimum Gasteiger partial charge on any atom is -0.307 e. The second kappa shape index (κ2) is 8.08. The number of fused-ring (bicyclic) bond motifs is 7. The number of rotatable bonds is 3. The van der Waals surface area contributed by atoms with E-state index in [0.717, 1.165) is 66.5 Å². The fourth-order valence-electron chi connectivity index (χ4n) is 5.55. The first-order chi connectivity index (χ1) is 18.9. The molecule has 0 spiro atoms. The van der Waals surface area contributed by atoms with Crippen LogP contribution in [-0.2, 0) is 0 Å². The lowest BCUT2D eigenvalue weighted by Gasteiger charge is -2.09. The number of pyridine rings is 4. The van der Waals surface area contributed by atoms with Gasteiger partial charge in [0.05, 0.1) is 27.5 Å². The highest BCUT2D eigenvalue weighted by Gasteiger charge is 2.22.